The zero-order valence-corrected chi connectivity index (χ0v) is 11.5. The summed E-state index contributed by atoms with van der Waals surface area (Å²) < 4.78 is 0. The number of carboxylic acids is 1. The van der Waals surface area contributed by atoms with Crippen molar-refractivity contribution in [1.29, 1.82) is 0 Å². The average molecular weight is 267 g/mol. The van der Waals surface area contributed by atoms with Gasteiger partial charge in [0.2, 0.25) is 0 Å². The number of carboxylic acid groups (broad SMARTS) is 1. The number of thiazole rings is 1. The van der Waals surface area contributed by atoms with Gasteiger partial charge in [-0.3, -0.25) is 0 Å². The number of aryl methyl sites for hydroxylation is 1. The second kappa shape index (κ2) is 4.58. The van der Waals surface area contributed by atoms with Gasteiger partial charge in [0.1, 0.15) is 9.88 Å². The molecule has 2 aromatic heterocycles. The van der Waals surface area contributed by atoms with E-state index in [1.54, 1.807) is 11.3 Å². The summed E-state index contributed by atoms with van der Waals surface area (Å²) in [6, 6.07) is 0. The van der Waals surface area contributed by atoms with Gasteiger partial charge in [0.25, 0.3) is 0 Å². The third-order valence-corrected chi connectivity index (χ3v) is 4.43. The molecule has 2 heterocycles. The van der Waals surface area contributed by atoms with E-state index in [1.807, 2.05) is 31.5 Å². The van der Waals surface area contributed by atoms with Crippen LogP contribution in [0, 0.1) is 6.92 Å². The van der Waals surface area contributed by atoms with Crippen molar-refractivity contribution in [3.8, 4) is 10.6 Å². The lowest BCUT2D eigenvalue weighted by Gasteiger charge is -2.00. The Kier molecular flexibility index (Phi) is 3.31. The van der Waals surface area contributed by atoms with E-state index in [4.69, 9.17) is 5.11 Å². The Balaban J connectivity index is 2.55. The molecule has 1 N–H and O–H groups in total. The lowest BCUT2D eigenvalue weighted by Crippen LogP contribution is -2.00. The standard InChI is InChI=1S/C12H13NO2S2/c1-6(2)9-10(12(14)15)17-11(13-9)8-5-16-4-7(8)3/h4-6H,1-3H3,(H,14,15). The van der Waals surface area contributed by atoms with Crippen LogP contribution in [0.4, 0.5) is 0 Å². The summed E-state index contributed by atoms with van der Waals surface area (Å²) in [7, 11) is 0. The molecule has 2 aromatic rings. The van der Waals surface area contributed by atoms with Crippen LogP contribution < -0.4 is 0 Å². The van der Waals surface area contributed by atoms with Crippen molar-refractivity contribution in [3.63, 3.8) is 0 Å². The molecule has 3 nitrogen and oxygen atoms in total. The quantitative estimate of drug-likeness (QED) is 0.914. The Labute approximate surface area is 108 Å². The Bertz CT molecular complexity index is 555. The average Bonchev–Trinajstić information content (AvgIpc) is 2.82. The smallest absolute Gasteiger partial charge is 0.347 e. The van der Waals surface area contributed by atoms with Gasteiger partial charge in [-0.2, -0.15) is 11.3 Å². The van der Waals surface area contributed by atoms with E-state index in [-0.39, 0.29) is 5.92 Å². The maximum Gasteiger partial charge on any atom is 0.347 e. The van der Waals surface area contributed by atoms with Crippen molar-refractivity contribution < 1.29 is 9.90 Å². The third kappa shape index (κ3) is 2.25. The van der Waals surface area contributed by atoms with Crippen LogP contribution in [0.15, 0.2) is 10.8 Å². The summed E-state index contributed by atoms with van der Waals surface area (Å²) in [5.41, 5.74) is 2.88. The number of nitrogens with zero attached hydrogens (tertiary/aromatic N) is 1. The van der Waals surface area contributed by atoms with Crippen LogP contribution in [0.1, 0.15) is 40.7 Å². The lowest BCUT2D eigenvalue weighted by molar-refractivity contribution is 0.0700. The summed E-state index contributed by atoms with van der Waals surface area (Å²) in [5.74, 6) is -0.754. The van der Waals surface area contributed by atoms with Gasteiger partial charge in [-0.05, 0) is 23.8 Å². The Morgan fingerprint density at radius 3 is 2.53 bits per heavy atom. The number of carbonyl (C=O) groups is 1. The van der Waals surface area contributed by atoms with Gasteiger partial charge < -0.3 is 5.11 Å². The van der Waals surface area contributed by atoms with Crippen molar-refractivity contribution in [2.24, 2.45) is 0 Å². The first-order valence-corrected chi connectivity index (χ1v) is 7.03. The van der Waals surface area contributed by atoms with Crippen molar-refractivity contribution in [3.05, 3.63) is 26.9 Å². The van der Waals surface area contributed by atoms with Gasteiger partial charge in [0.05, 0.1) is 5.69 Å². The highest BCUT2D eigenvalue weighted by Gasteiger charge is 2.21. The molecule has 0 atom stereocenters. The van der Waals surface area contributed by atoms with Crippen LogP contribution >= 0.6 is 22.7 Å². The molecule has 0 unspecified atom stereocenters. The molecule has 0 aliphatic heterocycles. The maximum absolute atomic E-state index is 11.2. The monoisotopic (exact) mass is 267 g/mol. The van der Waals surface area contributed by atoms with E-state index < -0.39 is 5.97 Å². The van der Waals surface area contributed by atoms with Crippen molar-refractivity contribution in [2.45, 2.75) is 26.7 Å². The van der Waals surface area contributed by atoms with Gasteiger partial charge in [0, 0.05) is 10.9 Å². The number of hydrogen-bond acceptors (Lipinski definition) is 4. The Morgan fingerprint density at radius 2 is 2.12 bits per heavy atom. The molecule has 0 aliphatic carbocycles. The van der Waals surface area contributed by atoms with E-state index in [0.717, 1.165) is 16.1 Å². The number of aromatic carboxylic acids is 1. The molecular formula is C12H13NO2S2. The number of aromatic nitrogens is 1. The van der Waals surface area contributed by atoms with Crippen LogP contribution in [0.5, 0.6) is 0 Å². The lowest BCUT2D eigenvalue weighted by atomic mass is 10.1. The molecular weight excluding hydrogens is 254 g/mol. The Hall–Kier alpha value is -1.20. The predicted molar refractivity (Wildman–Crippen MR) is 71.2 cm³/mol. The van der Waals surface area contributed by atoms with Crippen molar-refractivity contribution in [1.82, 2.24) is 4.98 Å². The van der Waals surface area contributed by atoms with Crippen LogP contribution in [-0.4, -0.2) is 16.1 Å². The second-order valence-electron chi connectivity index (χ2n) is 4.16. The van der Waals surface area contributed by atoms with E-state index >= 15 is 0 Å². The summed E-state index contributed by atoms with van der Waals surface area (Å²) >= 11 is 2.88. The van der Waals surface area contributed by atoms with Crippen LogP contribution in [0.25, 0.3) is 10.6 Å². The fourth-order valence-corrected chi connectivity index (χ4v) is 3.62. The molecule has 0 aliphatic rings. The topological polar surface area (TPSA) is 50.2 Å². The molecule has 0 saturated heterocycles. The molecule has 0 aromatic carbocycles. The minimum absolute atomic E-state index is 0.130. The van der Waals surface area contributed by atoms with E-state index in [0.29, 0.717) is 10.6 Å². The zero-order chi connectivity index (χ0) is 12.6. The van der Waals surface area contributed by atoms with Gasteiger partial charge in [-0.25, -0.2) is 9.78 Å². The van der Waals surface area contributed by atoms with Gasteiger partial charge in [0.15, 0.2) is 0 Å². The van der Waals surface area contributed by atoms with Crippen LogP contribution in [-0.2, 0) is 0 Å². The fraction of sp³-hybridized carbons (Fsp3) is 0.333. The summed E-state index contributed by atoms with van der Waals surface area (Å²) in [5, 5.41) is 14.0. The normalized spacial score (nSPS) is 11.1. The van der Waals surface area contributed by atoms with E-state index in [2.05, 4.69) is 4.98 Å². The first kappa shape index (κ1) is 12.3. The first-order valence-electron chi connectivity index (χ1n) is 5.28. The molecule has 0 saturated carbocycles. The minimum Gasteiger partial charge on any atom is -0.477 e. The summed E-state index contributed by atoms with van der Waals surface area (Å²) in [4.78, 5) is 16.0. The maximum atomic E-state index is 11.2. The molecule has 0 bridgehead atoms. The zero-order valence-electron chi connectivity index (χ0n) is 9.85. The minimum atomic E-state index is -0.884. The molecule has 0 fully saturated rings. The van der Waals surface area contributed by atoms with Gasteiger partial charge in [-0.15, -0.1) is 11.3 Å². The van der Waals surface area contributed by atoms with Crippen LogP contribution in [0.2, 0.25) is 0 Å². The molecule has 90 valence electrons. The summed E-state index contributed by atoms with van der Waals surface area (Å²) in [6.45, 7) is 5.94. The molecule has 0 amide bonds. The molecule has 5 heteroatoms. The predicted octanol–water partition coefficient (Wildman–Crippen LogP) is 4.00. The van der Waals surface area contributed by atoms with Crippen LogP contribution in [0.3, 0.4) is 0 Å². The number of thiophene rings is 1. The highest BCUT2D eigenvalue weighted by molar-refractivity contribution is 7.17. The molecule has 0 radical (unpaired) electrons. The van der Waals surface area contributed by atoms with E-state index in [1.165, 1.54) is 11.3 Å². The van der Waals surface area contributed by atoms with Gasteiger partial charge in [-0.1, -0.05) is 13.8 Å². The molecule has 17 heavy (non-hydrogen) atoms. The largest absolute Gasteiger partial charge is 0.477 e. The van der Waals surface area contributed by atoms with Crippen molar-refractivity contribution in [2.75, 3.05) is 0 Å². The highest BCUT2D eigenvalue weighted by atomic mass is 32.1. The SMILES string of the molecule is Cc1cscc1-c1nc(C(C)C)c(C(=O)O)s1. The van der Waals surface area contributed by atoms with Gasteiger partial charge >= 0.3 is 5.97 Å². The fourth-order valence-electron chi connectivity index (χ4n) is 1.57. The molecule has 2 rings (SSSR count). The first-order chi connectivity index (χ1) is 8.00. The Morgan fingerprint density at radius 1 is 1.41 bits per heavy atom. The summed E-state index contributed by atoms with van der Waals surface area (Å²) in [6.07, 6.45) is 0. The number of rotatable bonds is 3. The third-order valence-electron chi connectivity index (χ3n) is 2.48. The van der Waals surface area contributed by atoms with Crippen molar-refractivity contribution >= 4 is 28.6 Å². The van der Waals surface area contributed by atoms with E-state index in [9.17, 15) is 4.79 Å². The second-order valence-corrected chi connectivity index (χ2v) is 5.90. The number of hydrogen-bond donors (Lipinski definition) is 1. The highest BCUT2D eigenvalue weighted by Crippen LogP contribution is 2.34. The molecule has 0 spiro atoms.